The number of alkyl halides is 3. The number of halogens is 3. The fraction of sp³-hybridized carbons (Fsp3) is 0.125. The van der Waals surface area contributed by atoms with Crippen molar-refractivity contribution in [2.24, 2.45) is 0 Å². The van der Waals surface area contributed by atoms with E-state index in [1.54, 1.807) is 12.1 Å². The van der Waals surface area contributed by atoms with Gasteiger partial charge in [0.2, 0.25) is 5.82 Å². The molecule has 0 saturated carbocycles. The highest BCUT2D eigenvalue weighted by molar-refractivity contribution is 6.05. The first-order chi connectivity index (χ1) is 10.8. The summed E-state index contributed by atoms with van der Waals surface area (Å²) < 4.78 is 37.9. The number of aryl methyl sites for hydroxylation is 1. The molecule has 3 aromatic rings. The van der Waals surface area contributed by atoms with Crippen LogP contribution in [0.2, 0.25) is 0 Å². The van der Waals surface area contributed by atoms with Crippen molar-refractivity contribution in [2.75, 3.05) is 5.32 Å². The predicted molar refractivity (Wildman–Crippen MR) is 80.2 cm³/mol. The van der Waals surface area contributed by atoms with Gasteiger partial charge < -0.3 is 10.3 Å². The molecule has 0 atom stereocenters. The normalized spacial score (nSPS) is 11.7. The zero-order valence-corrected chi connectivity index (χ0v) is 12.0. The van der Waals surface area contributed by atoms with Crippen molar-refractivity contribution >= 4 is 22.6 Å². The summed E-state index contributed by atoms with van der Waals surface area (Å²) in [7, 11) is 0. The Kier molecular flexibility index (Phi) is 3.55. The quantitative estimate of drug-likeness (QED) is 0.746. The van der Waals surface area contributed by atoms with Crippen LogP contribution in [0, 0.1) is 6.92 Å². The van der Waals surface area contributed by atoms with Crippen molar-refractivity contribution in [1.29, 1.82) is 0 Å². The highest BCUT2D eigenvalue weighted by atomic mass is 19.4. The lowest BCUT2D eigenvalue weighted by Crippen LogP contribution is -2.11. The van der Waals surface area contributed by atoms with E-state index in [0.29, 0.717) is 5.69 Å². The van der Waals surface area contributed by atoms with E-state index in [0.717, 1.165) is 5.56 Å². The Hall–Kier alpha value is -2.83. The molecule has 0 bridgehead atoms. The highest BCUT2D eigenvalue weighted by Gasteiger charge is 2.34. The van der Waals surface area contributed by atoms with Crippen molar-refractivity contribution < 1.29 is 18.0 Å². The lowest BCUT2D eigenvalue weighted by atomic mass is 10.1. The topological polar surface area (TPSA) is 57.8 Å². The number of nitrogens with one attached hydrogen (secondary N) is 2. The van der Waals surface area contributed by atoms with Gasteiger partial charge in [0.15, 0.2) is 0 Å². The molecule has 0 radical (unpaired) electrons. The molecule has 7 heteroatoms. The Morgan fingerprint density at radius 2 is 1.83 bits per heavy atom. The molecule has 0 saturated heterocycles. The predicted octanol–water partition coefficient (Wildman–Crippen LogP) is 4.14. The summed E-state index contributed by atoms with van der Waals surface area (Å²) in [6.45, 7) is 1.93. The Bertz CT molecular complexity index is 866. The first kappa shape index (κ1) is 15.1. The number of amides is 1. The molecule has 23 heavy (non-hydrogen) atoms. The second-order valence-electron chi connectivity index (χ2n) is 5.14. The summed E-state index contributed by atoms with van der Waals surface area (Å²) in [6, 6.07) is 11.4. The summed E-state index contributed by atoms with van der Waals surface area (Å²) in [5, 5.41) is 2.69. The molecule has 118 valence electrons. The van der Waals surface area contributed by atoms with Crippen LogP contribution in [0.15, 0.2) is 42.5 Å². The summed E-state index contributed by atoms with van der Waals surface area (Å²) in [5.41, 5.74) is 2.23. The number of benzene rings is 2. The van der Waals surface area contributed by atoms with E-state index in [1.807, 2.05) is 19.1 Å². The third-order valence-electron chi connectivity index (χ3n) is 3.32. The number of rotatable bonds is 2. The molecule has 0 spiro atoms. The molecule has 0 aliphatic rings. The molecule has 1 heterocycles. The third-order valence-corrected chi connectivity index (χ3v) is 3.32. The summed E-state index contributed by atoms with van der Waals surface area (Å²) >= 11 is 0. The van der Waals surface area contributed by atoms with Gasteiger partial charge in [0, 0.05) is 11.3 Å². The molecule has 0 aliphatic heterocycles. The average molecular weight is 319 g/mol. The number of aromatic nitrogens is 2. The van der Waals surface area contributed by atoms with E-state index in [-0.39, 0.29) is 16.6 Å². The smallest absolute Gasteiger partial charge is 0.334 e. The van der Waals surface area contributed by atoms with Crippen molar-refractivity contribution in [3.63, 3.8) is 0 Å². The number of anilines is 1. The Morgan fingerprint density at radius 3 is 2.48 bits per heavy atom. The Morgan fingerprint density at radius 1 is 1.13 bits per heavy atom. The van der Waals surface area contributed by atoms with Crippen LogP contribution in [0.1, 0.15) is 21.7 Å². The van der Waals surface area contributed by atoms with Crippen LogP contribution in [-0.4, -0.2) is 15.9 Å². The van der Waals surface area contributed by atoms with Crippen LogP contribution in [0.5, 0.6) is 0 Å². The van der Waals surface area contributed by atoms with Crippen molar-refractivity contribution in [1.82, 2.24) is 9.97 Å². The van der Waals surface area contributed by atoms with Gasteiger partial charge in [0.25, 0.3) is 5.91 Å². The minimum atomic E-state index is -4.55. The second-order valence-corrected chi connectivity index (χ2v) is 5.14. The minimum absolute atomic E-state index is 0.157. The molecule has 0 aliphatic carbocycles. The van der Waals surface area contributed by atoms with E-state index in [2.05, 4.69) is 15.3 Å². The molecule has 1 amide bonds. The number of carbonyl (C=O) groups excluding carboxylic acids is 1. The van der Waals surface area contributed by atoms with Crippen molar-refractivity contribution in [2.45, 2.75) is 13.1 Å². The molecule has 1 aromatic heterocycles. The van der Waals surface area contributed by atoms with Gasteiger partial charge in [-0.25, -0.2) is 4.98 Å². The van der Waals surface area contributed by atoms with Gasteiger partial charge in [0.1, 0.15) is 0 Å². The van der Waals surface area contributed by atoms with E-state index in [9.17, 15) is 18.0 Å². The van der Waals surface area contributed by atoms with Gasteiger partial charge in [-0.15, -0.1) is 0 Å². The average Bonchev–Trinajstić information content (AvgIpc) is 2.92. The van der Waals surface area contributed by atoms with Crippen LogP contribution >= 0.6 is 0 Å². The zero-order chi connectivity index (χ0) is 16.6. The third kappa shape index (κ3) is 3.18. The fourth-order valence-electron chi connectivity index (χ4n) is 2.13. The molecular formula is C16H12F3N3O. The Labute approximate surface area is 129 Å². The van der Waals surface area contributed by atoms with Gasteiger partial charge in [-0.2, -0.15) is 13.2 Å². The van der Waals surface area contributed by atoms with E-state index < -0.39 is 17.9 Å². The number of imidazole rings is 1. The van der Waals surface area contributed by atoms with E-state index >= 15 is 0 Å². The first-order valence-corrected chi connectivity index (χ1v) is 6.78. The lowest BCUT2D eigenvalue weighted by molar-refractivity contribution is -0.144. The molecule has 3 rings (SSSR count). The zero-order valence-electron chi connectivity index (χ0n) is 12.0. The van der Waals surface area contributed by atoms with Gasteiger partial charge in [-0.3, -0.25) is 4.79 Å². The molecule has 4 nitrogen and oxygen atoms in total. The largest absolute Gasteiger partial charge is 0.449 e. The second kappa shape index (κ2) is 5.42. The maximum atomic E-state index is 12.6. The summed E-state index contributed by atoms with van der Waals surface area (Å²) in [6.07, 6.45) is -4.55. The van der Waals surface area contributed by atoms with Crippen LogP contribution < -0.4 is 5.32 Å². The number of aromatic amines is 1. The van der Waals surface area contributed by atoms with Crippen LogP contribution in [-0.2, 0) is 6.18 Å². The van der Waals surface area contributed by atoms with Crippen LogP contribution in [0.25, 0.3) is 11.0 Å². The van der Waals surface area contributed by atoms with Gasteiger partial charge >= 0.3 is 6.18 Å². The van der Waals surface area contributed by atoms with E-state index in [4.69, 9.17) is 0 Å². The first-order valence-electron chi connectivity index (χ1n) is 6.78. The maximum Gasteiger partial charge on any atom is 0.449 e. The number of hydrogen-bond acceptors (Lipinski definition) is 2. The minimum Gasteiger partial charge on any atom is -0.334 e. The number of nitrogens with zero attached hydrogens (tertiary/aromatic N) is 1. The standard InChI is InChI=1S/C16H12F3N3O/c1-9-2-5-11(6-3-9)20-14(23)10-4-7-12-13(8-10)22-15(21-12)16(17,18)19/h2-8H,1H3,(H,20,23)(H,21,22). The van der Waals surface area contributed by atoms with Crippen LogP contribution in [0.4, 0.5) is 18.9 Å². The van der Waals surface area contributed by atoms with Gasteiger partial charge in [-0.05, 0) is 37.3 Å². The summed E-state index contributed by atoms with van der Waals surface area (Å²) in [4.78, 5) is 17.8. The number of carbonyl (C=O) groups is 1. The van der Waals surface area contributed by atoms with Gasteiger partial charge in [0.05, 0.1) is 11.0 Å². The molecule has 0 unspecified atom stereocenters. The SMILES string of the molecule is Cc1ccc(NC(=O)c2ccc3nc(C(F)(F)F)[nH]c3c2)cc1. The van der Waals surface area contributed by atoms with E-state index in [1.165, 1.54) is 18.2 Å². The molecule has 2 N–H and O–H groups in total. The monoisotopic (exact) mass is 319 g/mol. The van der Waals surface area contributed by atoms with Crippen molar-refractivity contribution in [3.05, 3.63) is 59.4 Å². The summed E-state index contributed by atoms with van der Waals surface area (Å²) in [5.74, 6) is -1.48. The van der Waals surface area contributed by atoms with Crippen LogP contribution in [0.3, 0.4) is 0 Å². The number of fused-ring (bicyclic) bond motifs is 1. The number of hydrogen-bond donors (Lipinski definition) is 2. The molecular weight excluding hydrogens is 307 g/mol. The lowest BCUT2D eigenvalue weighted by Gasteiger charge is -2.05. The maximum absolute atomic E-state index is 12.6. The number of H-pyrrole nitrogens is 1. The van der Waals surface area contributed by atoms with Crippen molar-refractivity contribution in [3.8, 4) is 0 Å². The highest BCUT2D eigenvalue weighted by Crippen LogP contribution is 2.28. The fourth-order valence-corrected chi connectivity index (χ4v) is 2.13. The van der Waals surface area contributed by atoms with Gasteiger partial charge in [-0.1, -0.05) is 17.7 Å². The Balaban J connectivity index is 1.87. The molecule has 2 aromatic carbocycles. The molecule has 0 fully saturated rings.